The van der Waals surface area contributed by atoms with E-state index in [0.717, 1.165) is 13.0 Å². The Hall–Kier alpha value is -0.450. The van der Waals surface area contributed by atoms with Gasteiger partial charge < -0.3 is 0 Å². The number of carbonyl (C=O) groups excluding carboxylic acids is 1. The van der Waals surface area contributed by atoms with Crippen molar-refractivity contribution in [3.63, 3.8) is 0 Å². The van der Waals surface area contributed by atoms with Crippen LogP contribution in [-0.2, 0) is 4.79 Å². The molecule has 2 rings (SSSR count). The van der Waals surface area contributed by atoms with Crippen LogP contribution in [0.4, 0.5) is 0 Å². The topological polar surface area (TPSA) is 44.4 Å². The molecule has 2 unspecified atom stereocenters. The molecule has 2 atom stereocenters. The van der Waals surface area contributed by atoms with E-state index in [0.29, 0.717) is 6.17 Å². The largest absolute Gasteiger partial charge is 0.296 e. The lowest BCUT2D eigenvalue weighted by atomic mass is 9.89. The predicted molar refractivity (Wildman–Crippen MR) is 58.9 cm³/mol. The van der Waals surface area contributed by atoms with E-state index in [1.54, 1.807) is 0 Å². The van der Waals surface area contributed by atoms with Gasteiger partial charge in [-0.3, -0.25) is 10.1 Å². The van der Waals surface area contributed by atoms with Gasteiger partial charge in [-0.25, -0.2) is 10.4 Å². The first-order valence-corrected chi connectivity index (χ1v) is 5.82. The van der Waals surface area contributed by atoms with Crippen LogP contribution < -0.4 is 10.7 Å². The first-order valence-electron chi connectivity index (χ1n) is 5.82. The number of piperidine rings is 1. The summed E-state index contributed by atoms with van der Waals surface area (Å²) in [6.07, 6.45) is 3.79. The van der Waals surface area contributed by atoms with Crippen LogP contribution >= 0.6 is 0 Å². The molecule has 15 heavy (non-hydrogen) atoms. The highest BCUT2D eigenvalue weighted by Crippen LogP contribution is 2.22. The van der Waals surface area contributed by atoms with Crippen molar-refractivity contribution in [2.45, 2.75) is 52.4 Å². The average Bonchev–Trinajstić information content (AvgIpc) is 2.58. The van der Waals surface area contributed by atoms with E-state index < -0.39 is 0 Å². The van der Waals surface area contributed by atoms with Gasteiger partial charge in [-0.1, -0.05) is 20.8 Å². The van der Waals surface area contributed by atoms with Crippen LogP contribution in [0.2, 0.25) is 0 Å². The van der Waals surface area contributed by atoms with Gasteiger partial charge >= 0.3 is 0 Å². The molecule has 0 aromatic heterocycles. The Morgan fingerprint density at radius 1 is 1.33 bits per heavy atom. The summed E-state index contributed by atoms with van der Waals surface area (Å²) in [5, 5.41) is 5.54. The summed E-state index contributed by atoms with van der Waals surface area (Å²) in [5.74, 6) is 0.247. The normalized spacial score (nSPS) is 32.7. The molecule has 0 aliphatic carbocycles. The second kappa shape index (κ2) is 3.85. The Morgan fingerprint density at radius 2 is 2.07 bits per heavy atom. The second-order valence-electron chi connectivity index (χ2n) is 5.55. The van der Waals surface area contributed by atoms with Gasteiger partial charge in [0, 0.05) is 12.0 Å². The summed E-state index contributed by atoms with van der Waals surface area (Å²) in [5.41, 5.74) is 2.99. The van der Waals surface area contributed by atoms with E-state index in [1.807, 2.05) is 20.8 Å². The smallest absolute Gasteiger partial charge is 0.170 e. The van der Waals surface area contributed by atoms with Crippen LogP contribution in [0, 0.1) is 5.41 Å². The van der Waals surface area contributed by atoms with E-state index >= 15 is 0 Å². The second-order valence-corrected chi connectivity index (χ2v) is 5.55. The van der Waals surface area contributed by atoms with Gasteiger partial charge in [-0.2, -0.15) is 0 Å². The lowest BCUT2D eigenvalue weighted by Crippen LogP contribution is -2.47. The van der Waals surface area contributed by atoms with E-state index in [2.05, 4.69) is 15.8 Å². The minimum atomic E-state index is -0.278. The minimum Gasteiger partial charge on any atom is -0.296 e. The van der Waals surface area contributed by atoms with Crippen LogP contribution in [0.5, 0.6) is 0 Å². The summed E-state index contributed by atoms with van der Waals surface area (Å²) >= 11 is 0. The van der Waals surface area contributed by atoms with Crippen LogP contribution in [0.3, 0.4) is 0 Å². The molecular weight excluding hydrogens is 190 g/mol. The van der Waals surface area contributed by atoms with E-state index in [9.17, 15) is 4.79 Å². The standard InChI is InChI=1S/C11H21N3O/c1-11(2,3)9(15)10-12-8-6-4-5-7-14(8)13-10/h8,10,12-13H,4-7H2,1-3H3. The molecule has 0 radical (unpaired) electrons. The monoisotopic (exact) mass is 211 g/mol. The first-order chi connectivity index (χ1) is 6.98. The first kappa shape index (κ1) is 11.0. The number of hydrogen-bond donors (Lipinski definition) is 2. The molecule has 2 aliphatic rings. The average molecular weight is 211 g/mol. The van der Waals surface area contributed by atoms with E-state index in [4.69, 9.17) is 0 Å². The predicted octanol–water partition coefficient (Wildman–Crippen LogP) is 0.847. The molecule has 0 aromatic rings. The van der Waals surface area contributed by atoms with Gasteiger partial charge in [0.1, 0.15) is 6.17 Å². The zero-order valence-corrected chi connectivity index (χ0v) is 9.84. The fraction of sp³-hybridized carbons (Fsp3) is 0.909. The molecule has 2 saturated heterocycles. The fourth-order valence-corrected chi connectivity index (χ4v) is 2.22. The molecule has 4 heteroatoms. The molecule has 2 heterocycles. The molecule has 0 spiro atoms. The fourth-order valence-electron chi connectivity index (χ4n) is 2.22. The zero-order chi connectivity index (χ0) is 11.1. The van der Waals surface area contributed by atoms with Crippen LogP contribution in [0.15, 0.2) is 0 Å². The summed E-state index contributed by atoms with van der Waals surface area (Å²) in [4.78, 5) is 12.1. The lowest BCUT2D eigenvalue weighted by molar-refractivity contribution is -0.129. The maximum absolute atomic E-state index is 12.1. The maximum Gasteiger partial charge on any atom is 0.170 e. The number of nitrogens with zero attached hydrogens (tertiary/aromatic N) is 1. The van der Waals surface area contributed by atoms with Crippen molar-refractivity contribution in [3.05, 3.63) is 0 Å². The van der Waals surface area contributed by atoms with Gasteiger partial charge in [-0.05, 0) is 19.3 Å². The summed E-state index contributed by atoms with van der Waals surface area (Å²) in [7, 11) is 0. The van der Waals surface area contributed by atoms with Gasteiger partial charge in [0.2, 0.25) is 0 Å². The number of fused-ring (bicyclic) bond motifs is 1. The lowest BCUT2D eigenvalue weighted by Gasteiger charge is -2.27. The maximum atomic E-state index is 12.1. The molecule has 2 fully saturated rings. The van der Waals surface area contributed by atoms with Crippen molar-refractivity contribution in [3.8, 4) is 0 Å². The van der Waals surface area contributed by atoms with Crippen LogP contribution in [-0.4, -0.2) is 29.7 Å². The van der Waals surface area contributed by atoms with Crippen molar-refractivity contribution in [2.75, 3.05) is 6.54 Å². The van der Waals surface area contributed by atoms with E-state index in [1.165, 1.54) is 12.8 Å². The van der Waals surface area contributed by atoms with Crippen molar-refractivity contribution in [1.29, 1.82) is 0 Å². The Bertz CT molecular complexity index is 245. The SMILES string of the molecule is CC(C)(C)C(=O)C1NC2CCCCN2N1. The highest BCUT2D eigenvalue weighted by Gasteiger charge is 2.39. The van der Waals surface area contributed by atoms with Crippen molar-refractivity contribution in [2.24, 2.45) is 5.41 Å². The Morgan fingerprint density at radius 3 is 2.67 bits per heavy atom. The number of hydrazine groups is 1. The molecule has 0 amide bonds. The summed E-state index contributed by atoms with van der Waals surface area (Å²) in [6, 6.07) is 0. The summed E-state index contributed by atoms with van der Waals surface area (Å²) < 4.78 is 0. The molecule has 86 valence electrons. The molecular formula is C11H21N3O. The summed E-state index contributed by atoms with van der Waals surface area (Å²) in [6.45, 7) is 6.95. The quantitative estimate of drug-likeness (QED) is 0.675. The van der Waals surface area contributed by atoms with Crippen molar-refractivity contribution in [1.82, 2.24) is 15.8 Å². The van der Waals surface area contributed by atoms with Gasteiger partial charge in [0.15, 0.2) is 5.78 Å². The number of nitrogens with one attached hydrogen (secondary N) is 2. The highest BCUT2D eigenvalue weighted by molar-refractivity contribution is 5.88. The number of Topliss-reactive ketones (excluding diaryl/α,β-unsaturated/α-hetero) is 1. The Balaban J connectivity index is 2.00. The Kier molecular flexibility index (Phi) is 2.83. The molecule has 2 N–H and O–H groups in total. The molecule has 0 saturated carbocycles. The third kappa shape index (κ3) is 2.22. The Labute approximate surface area is 91.4 Å². The minimum absolute atomic E-state index is 0.187. The molecule has 0 aromatic carbocycles. The molecule has 2 aliphatic heterocycles. The number of carbonyl (C=O) groups is 1. The van der Waals surface area contributed by atoms with E-state index in [-0.39, 0.29) is 17.4 Å². The van der Waals surface area contributed by atoms with Crippen LogP contribution in [0.25, 0.3) is 0 Å². The molecule has 4 nitrogen and oxygen atoms in total. The van der Waals surface area contributed by atoms with Gasteiger partial charge in [0.05, 0.1) is 6.17 Å². The van der Waals surface area contributed by atoms with Crippen molar-refractivity contribution >= 4 is 5.78 Å². The van der Waals surface area contributed by atoms with Gasteiger partial charge in [0.25, 0.3) is 0 Å². The van der Waals surface area contributed by atoms with Gasteiger partial charge in [-0.15, -0.1) is 0 Å². The number of rotatable bonds is 1. The molecule has 0 bridgehead atoms. The zero-order valence-electron chi connectivity index (χ0n) is 9.84. The third-order valence-corrected chi connectivity index (χ3v) is 3.16. The van der Waals surface area contributed by atoms with Crippen molar-refractivity contribution < 1.29 is 4.79 Å². The number of ketones is 1. The highest BCUT2D eigenvalue weighted by atomic mass is 16.1. The third-order valence-electron chi connectivity index (χ3n) is 3.16. The number of hydrogen-bond acceptors (Lipinski definition) is 4. The van der Waals surface area contributed by atoms with Crippen LogP contribution in [0.1, 0.15) is 40.0 Å².